The quantitative estimate of drug-likeness (QED) is 0.343. The van der Waals surface area contributed by atoms with E-state index in [0.29, 0.717) is 23.3 Å². The lowest BCUT2D eigenvalue weighted by molar-refractivity contribution is 0.403. The first kappa shape index (κ1) is 29.0. The topological polar surface area (TPSA) is 40.5 Å². The molecule has 2 aromatic rings. The molecule has 0 amide bonds. The van der Waals surface area contributed by atoms with Crippen molar-refractivity contribution in [2.75, 3.05) is 0 Å². The molecule has 2 N–H and O–H groups in total. The van der Waals surface area contributed by atoms with Crippen LogP contribution >= 0.6 is 0 Å². The standard InChI is InChI=1S/C38H52O2/c1-25-15-18-29(19-16-25)28(4)17-20-32(35-23-26(2)21-33(37(35)39)30-11-7-5-8-12-30)36-24-27(3)22-34(38(36)40)31-13-9-6-10-14-31/h15,21-24,30-32,39-40H,5-14,16-20H2,1-4H3/b29-28-. The molecule has 5 rings (SSSR count). The number of aryl methyl sites for hydroxylation is 2. The number of phenols is 2. The second kappa shape index (κ2) is 13.0. The predicted octanol–water partition coefficient (Wildman–Crippen LogP) is 11.2. The van der Waals surface area contributed by atoms with Gasteiger partial charge in [-0.2, -0.15) is 0 Å². The summed E-state index contributed by atoms with van der Waals surface area (Å²) in [5.74, 6) is 1.84. The SMILES string of the molecule is CC1=CC/C(=C(\C)CCC(c2cc(C)cc(C3CCCCC3)c2O)c2cc(C)cc(C3CCCCC3)c2O)CC1. The highest BCUT2D eigenvalue weighted by molar-refractivity contribution is 5.55. The van der Waals surface area contributed by atoms with Crippen molar-refractivity contribution in [3.05, 3.63) is 80.4 Å². The number of benzene rings is 2. The van der Waals surface area contributed by atoms with Crippen LogP contribution in [0.25, 0.3) is 0 Å². The molecule has 40 heavy (non-hydrogen) atoms. The summed E-state index contributed by atoms with van der Waals surface area (Å²) in [6.45, 7) is 8.92. The van der Waals surface area contributed by atoms with E-state index in [9.17, 15) is 10.2 Å². The van der Waals surface area contributed by atoms with E-state index in [4.69, 9.17) is 0 Å². The molecule has 2 nitrogen and oxygen atoms in total. The average Bonchev–Trinajstić information content (AvgIpc) is 2.97. The highest BCUT2D eigenvalue weighted by atomic mass is 16.3. The Labute approximate surface area is 243 Å². The van der Waals surface area contributed by atoms with E-state index in [2.05, 4.69) is 58.0 Å². The zero-order valence-electron chi connectivity index (χ0n) is 25.6. The molecular formula is C38H52O2. The maximum atomic E-state index is 11.9. The Balaban J connectivity index is 1.57. The third kappa shape index (κ3) is 6.53. The van der Waals surface area contributed by atoms with Crippen molar-refractivity contribution in [1.29, 1.82) is 0 Å². The molecule has 0 spiro atoms. The highest BCUT2D eigenvalue weighted by Crippen LogP contribution is 2.48. The van der Waals surface area contributed by atoms with Crippen LogP contribution in [0.15, 0.2) is 47.1 Å². The smallest absolute Gasteiger partial charge is 0.122 e. The van der Waals surface area contributed by atoms with Crippen LogP contribution in [0.5, 0.6) is 11.5 Å². The Morgan fingerprint density at radius 2 is 1.23 bits per heavy atom. The fourth-order valence-corrected chi connectivity index (χ4v) is 7.91. The van der Waals surface area contributed by atoms with Gasteiger partial charge in [-0.1, -0.05) is 96.7 Å². The molecule has 3 aliphatic carbocycles. The van der Waals surface area contributed by atoms with E-state index < -0.39 is 0 Å². The molecule has 216 valence electrons. The minimum Gasteiger partial charge on any atom is -0.507 e. The second-order valence-electron chi connectivity index (χ2n) is 13.5. The fraction of sp³-hybridized carbons (Fsp3) is 0.579. The highest BCUT2D eigenvalue weighted by Gasteiger charge is 2.29. The molecule has 0 saturated heterocycles. The Morgan fingerprint density at radius 3 is 1.68 bits per heavy atom. The molecule has 0 aliphatic heterocycles. The van der Waals surface area contributed by atoms with Crippen LogP contribution in [-0.2, 0) is 0 Å². The summed E-state index contributed by atoms with van der Waals surface area (Å²) in [7, 11) is 0. The molecule has 3 aliphatic rings. The normalized spacial score (nSPS) is 20.6. The van der Waals surface area contributed by atoms with Crippen molar-refractivity contribution >= 4 is 0 Å². The van der Waals surface area contributed by atoms with Crippen molar-refractivity contribution < 1.29 is 10.2 Å². The lowest BCUT2D eigenvalue weighted by Crippen LogP contribution is -2.11. The van der Waals surface area contributed by atoms with E-state index in [1.165, 1.54) is 99.3 Å². The molecule has 0 radical (unpaired) electrons. The molecule has 2 heteroatoms. The van der Waals surface area contributed by atoms with Gasteiger partial charge in [0.25, 0.3) is 0 Å². The van der Waals surface area contributed by atoms with Gasteiger partial charge in [0, 0.05) is 17.0 Å². The molecule has 2 aromatic carbocycles. The van der Waals surface area contributed by atoms with E-state index in [1.807, 2.05) is 0 Å². The number of allylic oxidation sites excluding steroid dienone is 4. The van der Waals surface area contributed by atoms with Crippen molar-refractivity contribution in [3.63, 3.8) is 0 Å². The molecular weight excluding hydrogens is 488 g/mol. The Morgan fingerprint density at radius 1 is 0.725 bits per heavy atom. The summed E-state index contributed by atoms with van der Waals surface area (Å²) in [4.78, 5) is 0. The minimum absolute atomic E-state index is 0.0269. The first-order valence-electron chi connectivity index (χ1n) is 16.3. The van der Waals surface area contributed by atoms with Crippen molar-refractivity contribution in [2.24, 2.45) is 0 Å². The molecule has 0 atom stereocenters. The van der Waals surface area contributed by atoms with Gasteiger partial charge in [-0.05, 0) is 108 Å². The summed E-state index contributed by atoms with van der Waals surface area (Å²) in [6.07, 6.45) is 20.0. The number of hydrogen-bond acceptors (Lipinski definition) is 2. The maximum Gasteiger partial charge on any atom is 0.122 e. The van der Waals surface area contributed by atoms with Crippen LogP contribution < -0.4 is 0 Å². The van der Waals surface area contributed by atoms with Gasteiger partial charge in [-0.3, -0.25) is 0 Å². The summed E-state index contributed by atoms with van der Waals surface area (Å²) in [5, 5.41) is 23.8. The Hall–Kier alpha value is -2.48. The molecule has 2 fully saturated rings. The Bertz CT molecular complexity index is 1180. The van der Waals surface area contributed by atoms with Gasteiger partial charge in [-0.15, -0.1) is 0 Å². The zero-order chi connectivity index (χ0) is 28.2. The Kier molecular flexibility index (Phi) is 9.44. The summed E-state index contributed by atoms with van der Waals surface area (Å²) in [6, 6.07) is 8.89. The lowest BCUT2D eigenvalue weighted by atomic mass is 9.76. The number of hydrogen-bond donors (Lipinski definition) is 2. The van der Waals surface area contributed by atoms with Crippen LogP contribution in [0, 0.1) is 13.8 Å². The second-order valence-corrected chi connectivity index (χ2v) is 13.5. The number of phenolic OH excluding ortho intramolecular Hbond substituents is 2. The van der Waals surface area contributed by atoms with Crippen molar-refractivity contribution in [2.45, 2.75) is 142 Å². The van der Waals surface area contributed by atoms with Gasteiger partial charge >= 0.3 is 0 Å². The van der Waals surface area contributed by atoms with Gasteiger partial charge in [0.05, 0.1) is 0 Å². The predicted molar refractivity (Wildman–Crippen MR) is 169 cm³/mol. The lowest BCUT2D eigenvalue weighted by Gasteiger charge is -2.29. The van der Waals surface area contributed by atoms with Gasteiger partial charge in [0.1, 0.15) is 11.5 Å². The van der Waals surface area contributed by atoms with E-state index in [1.54, 1.807) is 5.57 Å². The molecule has 2 saturated carbocycles. The maximum absolute atomic E-state index is 11.9. The van der Waals surface area contributed by atoms with Crippen LogP contribution in [0.2, 0.25) is 0 Å². The molecule has 0 heterocycles. The van der Waals surface area contributed by atoms with Crippen LogP contribution in [0.3, 0.4) is 0 Å². The number of rotatable bonds is 7. The van der Waals surface area contributed by atoms with E-state index in [0.717, 1.165) is 41.5 Å². The monoisotopic (exact) mass is 540 g/mol. The van der Waals surface area contributed by atoms with E-state index >= 15 is 0 Å². The first-order valence-corrected chi connectivity index (χ1v) is 16.3. The summed E-state index contributed by atoms with van der Waals surface area (Å²) < 4.78 is 0. The first-order chi connectivity index (χ1) is 19.3. The van der Waals surface area contributed by atoms with Gasteiger partial charge in [0.15, 0.2) is 0 Å². The molecule has 0 unspecified atom stereocenters. The van der Waals surface area contributed by atoms with Gasteiger partial charge in [0.2, 0.25) is 0 Å². The molecule has 0 bridgehead atoms. The third-order valence-corrected chi connectivity index (χ3v) is 10.4. The third-order valence-electron chi connectivity index (χ3n) is 10.4. The van der Waals surface area contributed by atoms with Crippen molar-refractivity contribution in [1.82, 2.24) is 0 Å². The van der Waals surface area contributed by atoms with Crippen LogP contribution in [0.1, 0.15) is 161 Å². The van der Waals surface area contributed by atoms with Gasteiger partial charge in [-0.25, -0.2) is 0 Å². The summed E-state index contributed by atoms with van der Waals surface area (Å²) in [5.41, 5.74) is 11.4. The van der Waals surface area contributed by atoms with Crippen LogP contribution in [-0.4, -0.2) is 10.2 Å². The summed E-state index contributed by atoms with van der Waals surface area (Å²) >= 11 is 0. The largest absolute Gasteiger partial charge is 0.507 e. The van der Waals surface area contributed by atoms with Crippen LogP contribution in [0.4, 0.5) is 0 Å². The average molecular weight is 541 g/mol. The van der Waals surface area contributed by atoms with Gasteiger partial charge < -0.3 is 10.2 Å². The fourth-order valence-electron chi connectivity index (χ4n) is 7.91. The van der Waals surface area contributed by atoms with Crippen molar-refractivity contribution in [3.8, 4) is 11.5 Å². The zero-order valence-corrected chi connectivity index (χ0v) is 25.6. The number of aromatic hydroxyl groups is 2. The minimum atomic E-state index is -0.0269. The molecule has 0 aromatic heterocycles. The van der Waals surface area contributed by atoms with E-state index in [-0.39, 0.29) is 5.92 Å².